The quantitative estimate of drug-likeness (QED) is 0.943. The van der Waals surface area contributed by atoms with Gasteiger partial charge in [-0.25, -0.2) is 0 Å². The molecule has 0 bridgehead atoms. The molecule has 3 rings (SSSR count). The number of benzene rings is 2. The Balaban J connectivity index is 0.00000161. The molecular formula is C17H23ClN2O. The van der Waals surface area contributed by atoms with Crippen LogP contribution in [-0.4, -0.2) is 37.7 Å². The monoisotopic (exact) mass is 306 g/mol. The second-order valence-corrected chi connectivity index (χ2v) is 5.64. The van der Waals surface area contributed by atoms with Crippen LogP contribution in [0, 0.1) is 0 Å². The first kappa shape index (κ1) is 16.1. The number of hydrogen-bond acceptors (Lipinski definition) is 3. The summed E-state index contributed by atoms with van der Waals surface area (Å²) in [6.07, 6.45) is 0. The first-order valence-corrected chi connectivity index (χ1v) is 7.27. The zero-order valence-electron chi connectivity index (χ0n) is 12.6. The molecule has 0 radical (unpaired) electrons. The maximum atomic E-state index is 5.27. The van der Waals surface area contributed by atoms with Gasteiger partial charge >= 0.3 is 0 Å². The maximum Gasteiger partial charge on any atom is 0.119 e. The summed E-state index contributed by atoms with van der Waals surface area (Å²) in [4.78, 5) is 2.52. The summed E-state index contributed by atoms with van der Waals surface area (Å²) in [7, 11) is 1.71. The van der Waals surface area contributed by atoms with Gasteiger partial charge in [0, 0.05) is 32.2 Å². The van der Waals surface area contributed by atoms with Gasteiger partial charge in [-0.2, -0.15) is 0 Å². The molecule has 1 aliphatic heterocycles. The van der Waals surface area contributed by atoms with Crippen molar-refractivity contribution in [1.82, 2.24) is 10.2 Å². The van der Waals surface area contributed by atoms with Crippen molar-refractivity contribution >= 4 is 23.2 Å². The van der Waals surface area contributed by atoms with E-state index in [0.717, 1.165) is 31.9 Å². The Hall–Kier alpha value is -1.29. The Morgan fingerprint density at radius 3 is 2.71 bits per heavy atom. The molecule has 3 nitrogen and oxygen atoms in total. The first-order valence-electron chi connectivity index (χ1n) is 7.27. The SMILES string of the molecule is COc1ccc2cc(CN3CCNC(C)C3)ccc2c1.Cl. The lowest BCUT2D eigenvalue weighted by atomic mass is 10.1. The molecule has 4 heteroatoms. The van der Waals surface area contributed by atoms with Gasteiger partial charge in [0.15, 0.2) is 0 Å². The summed E-state index contributed by atoms with van der Waals surface area (Å²) in [5.41, 5.74) is 1.39. The molecule has 1 aliphatic rings. The molecule has 1 unspecified atom stereocenters. The number of methoxy groups -OCH3 is 1. The van der Waals surface area contributed by atoms with Gasteiger partial charge in [0.2, 0.25) is 0 Å². The van der Waals surface area contributed by atoms with E-state index in [1.165, 1.54) is 16.3 Å². The van der Waals surface area contributed by atoms with E-state index in [4.69, 9.17) is 4.74 Å². The molecule has 0 aliphatic carbocycles. The van der Waals surface area contributed by atoms with Crippen molar-refractivity contribution in [3.8, 4) is 5.75 Å². The fourth-order valence-electron chi connectivity index (χ4n) is 2.91. The van der Waals surface area contributed by atoms with Crippen LogP contribution in [0.15, 0.2) is 36.4 Å². The molecule has 0 amide bonds. The van der Waals surface area contributed by atoms with Gasteiger partial charge in [-0.1, -0.05) is 18.2 Å². The Kier molecular flexibility index (Phi) is 5.45. The normalized spacial score (nSPS) is 19.2. The van der Waals surface area contributed by atoms with E-state index >= 15 is 0 Å². The molecule has 0 saturated carbocycles. The number of hydrogen-bond donors (Lipinski definition) is 1. The van der Waals surface area contributed by atoms with Crippen molar-refractivity contribution in [3.05, 3.63) is 42.0 Å². The van der Waals surface area contributed by atoms with Crippen LogP contribution in [-0.2, 0) is 6.54 Å². The van der Waals surface area contributed by atoms with Crippen LogP contribution in [0.3, 0.4) is 0 Å². The molecule has 2 aromatic carbocycles. The van der Waals surface area contributed by atoms with Gasteiger partial charge in [-0.3, -0.25) is 4.90 Å². The third-order valence-corrected chi connectivity index (χ3v) is 3.97. The standard InChI is InChI=1S/C17H22N2O.ClH/c1-13-11-19(8-7-18-13)12-14-3-4-16-10-17(20-2)6-5-15(16)9-14;/h3-6,9-10,13,18H,7-8,11-12H2,1-2H3;1H. The molecular weight excluding hydrogens is 284 g/mol. The number of nitrogens with zero attached hydrogens (tertiary/aromatic N) is 1. The van der Waals surface area contributed by atoms with E-state index in [2.05, 4.69) is 47.5 Å². The highest BCUT2D eigenvalue weighted by atomic mass is 35.5. The van der Waals surface area contributed by atoms with Crippen molar-refractivity contribution in [2.45, 2.75) is 19.5 Å². The smallest absolute Gasteiger partial charge is 0.119 e. The Bertz CT molecular complexity index is 602. The van der Waals surface area contributed by atoms with Crippen LogP contribution < -0.4 is 10.1 Å². The third-order valence-electron chi connectivity index (χ3n) is 3.97. The average molecular weight is 307 g/mol. The van der Waals surface area contributed by atoms with Crippen LogP contribution in [0.25, 0.3) is 10.8 Å². The Labute approximate surface area is 132 Å². The topological polar surface area (TPSA) is 24.5 Å². The summed E-state index contributed by atoms with van der Waals surface area (Å²) in [6, 6.07) is 13.6. The predicted molar refractivity (Wildman–Crippen MR) is 90.5 cm³/mol. The number of halogens is 1. The average Bonchev–Trinajstić information content (AvgIpc) is 2.47. The summed E-state index contributed by atoms with van der Waals surface area (Å²) in [6.45, 7) is 6.63. The van der Waals surface area contributed by atoms with Crippen molar-refractivity contribution in [2.24, 2.45) is 0 Å². The molecule has 0 aromatic heterocycles. The molecule has 1 fully saturated rings. The molecule has 114 valence electrons. The molecule has 0 spiro atoms. The summed E-state index contributed by atoms with van der Waals surface area (Å²) >= 11 is 0. The minimum atomic E-state index is 0. The van der Waals surface area contributed by atoms with Gasteiger partial charge in [0.05, 0.1) is 7.11 Å². The summed E-state index contributed by atoms with van der Waals surface area (Å²) in [5, 5.41) is 6.01. The van der Waals surface area contributed by atoms with Crippen LogP contribution in [0.4, 0.5) is 0 Å². The molecule has 1 heterocycles. The maximum absolute atomic E-state index is 5.27. The summed E-state index contributed by atoms with van der Waals surface area (Å²) in [5.74, 6) is 0.918. The number of rotatable bonds is 3. The van der Waals surface area contributed by atoms with Crippen LogP contribution in [0.5, 0.6) is 5.75 Å². The highest BCUT2D eigenvalue weighted by Gasteiger charge is 2.15. The third kappa shape index (κ3) is 3.88. The lowest BCUT2D eigenvalue weighted by Gasteiger charge is -2.31. The van der Waals surface area contributed by atoms with Crippen LogP contribution in [0.2, 0.25) is 0 Å². The van der Waals surface area contributed by atoms with Crippen LogP contribution in [0.1, 0.15) is 12.5 Å². The molecule has 2 aromatic rings. The van der Waals surface area contributed by atoms with E-state index < -0.39 is 0 Å². The van der Waals surface area contributed by atoms with Gasteiger partial charge < -0.3 is 10.1 Å². The minimum absolute atomic E-state index is 0. The number of piperazine rings is 1. The van der Waals surface area contributed by atoms with E-state index in [1.54, 1.807) is 7.11 Å². The second-order valence-electron chi connectivity index (χ2n) is 5.64. The lowest BCUT2D eigenvalue weighted by Crippen LogP contribution is -2.48. The molecule has 1 saturated heterocycles. The minimum Gasteiger partial charge on any atom is -0.497 e. The van der Waals surface area contributed by atoms with E-state index in [0.29, 0.717) is 6.04 Å². The highest BCUT2D eigenvalue weighted by Crippen LogP contribution is 2.22. The summed E-state index contributed by atoms with van der Waals surface area (Å²) < 4.78 is 5.27. The molecule has 1 N–H and O–H groups in total. The zero-order valence-corrected chi connectivity index (χ0v) is 13.5. The van der Waals surface area contributed by atoms with Crippen molar-refractivity contribution < 1.29 is 4.74 Å². The van der Waals surface area contributed by atoms with Crippen molar-refractivity contribution in [3.63, 3.8) is 0 Å². The number of fused-ring (bicyclic) bond motifs is 1. The van der Waals surface area contributed by atoms with Gasteiger partial charge in [0.1, 0.15) is 5.75 Å². The van der Waals surface area contributed by atoms with Crippen molar-refractivity contribution in [2.75, 3.05) is 26.7 Å². The van der Waals surface area contributed by atoms with Crippen molar-refractivity contribution in [1.29, 1.82) is 0 Å². The highest BCUT2D eigenvalue weighted by molar-refractivity contribution is 5.85. The van der Waals surface area contributed by atoms with Crippen LogP contribution >= 0.6 is 12.4 Å². The lowest BCUT2D eigenvalue weighted by molar-refractivity contribution is 0.200. The van der Waals surface area contributed by atoms with E-state index in [-0.39, 0.29) is 12.4 Å². The Morgan fingerprint density at radius 1 is 1.19 bits per heavy atom. The largest absolute Gasteiger partial charge is 0.497 e. The number of ether oxygens (including phenoxy) is 1. The van der Waals surface area contributed by atoms with Gasteiger partial charge in [-0.05, 0) is 41.5 Å². The zero-order chi connectivity index (χ0) is 13.9. The van der Waals surface area contributed by atoms with E-state index in [9.17, 15) is 0 Å². The second kappa shape index (κ2) is 7.12. The van der Waals surface area contributed by atoms with E-state index in [1.807, 2.05) is 6.07 Å². The fourth-order valence-corrected chi connectivity index (χ4v) is 2.91. The first-order chi connectivity index (χ1) is 9.74. The van der Waals surface area contributed by atoms with Gasteiger partial charge in [0.25, 0.3) is 0 Å². The predicted octanol–water partition coefficient (Wildman–Crippen LogP) is 3.06. The Morgan fingerprint density at radius 2 is 1.95 bits per heavy atom. The van der Waals surface area contributed by atoms with Gasteiger partial charge in [-0.15, -0.1) is 12.4 Å². The number of nitrogens with one attached hydrogen (secondary N) is 1. The molecule has 1 atom stereocenters. The fraction of sp³-hybridized carbons (Fsp3) is 0.412. The molecule has 21 heavy (non-hydrogen) atoms.